The Bertz CT molecular complexity index is 910. The molecule has 0 saturated carbocycles. The molecule has 0 saturated heterocycles. The number of benzene rings is 5. The van der Waals surface area contributed by atoms with Gasteiger partial charge in [0.05, 0.1) is 0 Å². The molecule has 0 atom stereocenters. The van der Waals surface area contributed by atoms with Gasteiger partial charge < -0.3 is 25.5 Å². The summed E-state index contributed by atoms with van der Waals surface area (Å²) >= 11 is 0. The first-order valence-electron chi connectivity index (χ1n) is 10.7. The third-order valence-electron chi connectivity index (χ3n) is 3.78. The van der Waals surface area contributed by atoms with Crippen molar-refractivity contribution in [1.82, 2.24) is 0 Å². The predicted octanol–water partition coefficient (Wildman–Crippen LogP) is 9.85. The smallest absolute Gasteiger partial charge is 0.115 e. The molecule has 0 heterocycles. The van der Waals surface area contributed by atoms with Crippen LogP contribution < -0.4 is 0 Å². The monoisotopic (exact) mass is 870 g/mol. The number of hydrogen-bond acceptors (Lipinski definition) is 5. The molecule has 5 rings (SSSR count). The summed E-state index contributed by atoms with van der Waals surface area (Å²) in [5.74, 6) is 1.61. The van der Waals surface area contributed by atoms with Gasteiger partial charge in [-0.3, -0.25) is 0 Å². The summed E-state index contributed by atoms with van der Waals surface area (Å²) < 4.78 is 0. The zero-order chi connectivity index (χ0) is 25.6. The Morgan fingerprint density at radius 1 is 0.200 bits per heavy atom. The second kappa shape index (κ2) is 32.7. The molecular weight excluding hydrogens is 840 g/mol. The molecule has 10 heteroatoms. The molecule has 220 valence electrons. The van der Waals surface area contributed by atoms with Crippen molar-refractivity contribution in [3.63, 3.8) is 0 Å². The minimum absolute atomic E-state index is 0. The van der Waals surface area contributed by atoms with Crippen molar-refractivity contribution in [2.75, 3.05) is 0 Å². The molecule has 0 unspecified atom stereocenters. The van der Waals surface area contributed by atoms with Crippen LogP contribution in [0.25, 0.3) is 0 Å². The Hall–Kier alpha value is -2.50. The van der Waals surface area contributed by atoms with Crippen molar-refractivity contribution in [3.8, 4) is 28.7 Å². The summed E-state index contributed by atoms with van der Waals surface area (Å²) in [6, 6.07) is 43.6. The zero-order valence-corrected chi connectivity index (χ0v) is 29.8. The average Bonchev–Trinajstić information content (AvgIpc) is 2.88. The molecule has 0 bridgehead atoms. The Balaban J connectivity index is -0.000000124. The Morgan fingerprint density at radius 2 is 0.300 bits per heavy atom. The SMILES string of the molecule is Br.Br.Br.Br.Br.Oc1ccccc1.Oc1ccccc1.Oc1ccccc1.Oc1ccccc1.Oc1ccccc1. The van der Waals surface area contributed by atoms with Gasteiger partial charge >= 0.3 is 0 Å². The number of phenolic OH excluding ortho intramolecular Hbond substituents is 5. The normalized spacial score (nSPS) is 7.50. The Kier molecular flexibility index (Phi) is 38.7. The van der Waals surface area contributed by atoms with E-state index in [9.17, 15) is 0 Å². The summed E-state index contributed by atoms with van der Waals surface area (Å²) in [4.78, 5) is 0. The highest BCUT2D eigenvalue weighted by Crippen LogP contribution is 2.05. The number of hydrogen-bond donors (Lipinski definition) is 5. The van der Waals surface area contributed by atoms with E-state index in [-0.39, 0.29) is 84.9 Å². The second-order valence-electron chi connectivity index (χ2n) is 6.68. The van der Waals surface area contributed by atoms with Crippen LogP contribution in [0, 0.1) is 0 Å². The lowest BCUT2D eigenvalue weighted by Gasteiger charge is -1.82. The minimum atomic E-state index is 0. The summed E-state index contributed by atoms with van der Waals surface area (Å²) in [7, 11) is 0. The highest BCUT2D eigenvalue weighted by molar-refractivity contribution is 8.93. The van der Waals surface area contributed by atoms with Gasteiger partial charge in [-0.25, -0.2) is 0 Å². The van der Waals surface area contributed by atoms with E-state index in [4.69, 9.17) is 25.5 Å². The van der Waals surface area contributed by atoms with Gasteiger partial charge in [0.15, 0.2) is 0 Å². The van der Waals surface area contributed by atoms with E-state index in [0.29, 0.717) is 28.7 Å². The molecule has 5 nitrogen and oxygen atoms in total. The lowest BCUT2D eigenvalue weighted by atomic mass is 10.3. The van der Waals surface area contributed by atoms with E-state index in [2.05, 4.69) is 0 Å². The van der Waals surface area contributed by atoms with Gasteiger partial charge in [-0.05, 0) is 60.7 Å². The van der Waals surface area contributed by atoms with Crippen LogP contribution in [-0.2, 0) is 0 Å². The average molecular weight is 875 g/mol. The molecule has 0 aromatic heterocycles. The third kappa shape index (κ3) is 30.0. The Labute approximate surface area is 288 Å². The minimum Gasteiger partial charge on any atom is -0.508 e. The molecule has 0 aliphatic carbocycles. The van der Waals surface area contributed by atoms with E-state index in [0.717, 1.165) is 0 Å². The summed E-state index contributed by atoms with van der Waals surface area (Å²) in [6.45, 7) is 0. The molecule has 0 amide bonds. The summed E-state index contributed by atoms with van der Waals surface area (Å²) in [5.41, 5.74) is 0. The molecule has 0 fully saturated rings. The van der Waals surface area contributed by atoms with Gasteiger partial charge in [-0.1, -0.05) is 91.0 Å². The van der Waals surface area contributed by atoms with Gasteiger partial charge in [0.1, 0.15) is 28.7 Å². The zero-order valence-electron chi connectivity index (χ0n) is 21.2. The van der Waals surface area contributed by atoms with Crippen LogP contribution in [0.4, 0.5) is 0 Å². The summed E-state index contributed by atoms with van der Waals surface area (Å²) in [5, 5.41) is 43.2. The van der Waals surface area contributed by atoms with Crippen LogP contribution in [0.3, 0.4) is 0 Å². The largest absolute Gasteiger partial charge is 0.508 e. The van der Waals surface area contributed by atoms with Crippen molar-refractivity contribution in [2.24, 2.45) is 0 Å². The highest BCUT2D eigenvalue weighted by atomic mass is 79.9. The van der Waals surface area contributed by atoms with Gasteiger partial charge in [0, 0.05) is 0 Å². The van der Waals surface area contributed by atoms with Crippen molar-refractivity contribution >= 4 is 84.9 Å². The molecule has 0 radical (unpaired) electrons. The number of rotatable bonds is 0. The number of para-hydroxylation sites is 5. The van der Waals surface area contributed by atoms with Crippen molar-refractivity contribution in [1.29, 1.82) is 0 Å². The molecule has 0 spiro atoms. The first kappa shape index (κ1) is 47.3. The van der Waals surface area contributed by atoms with Crippen LogP contribution in [-0.4, -0.2) is 25.5 Å². The fraction of sp³-hybridized carbons (Fsp3) is 0. The lowest BCUT2D eigenvalue weighted by molar-refractivity contribution is 0.475. The standard InChI is InChI=1S/5C6H6O.5BrH/c5*7-6-4-2-1-3-5-6;;;;;/h5*1-5,7H;5*1H. The van der Waals surface area contributed by atoms with E-state index in [1.165, 1.54) is 0 Å². The molecule has 0 aliphatic rings. The number of phenols is 5. The topological polar surface area (TPSA) is 101 Å². The third-order valence-corrected chi connectivity index (χ3v) is 3.78. The van der Waals surface area contributed by atoms with E-state index in [1.54, 1.807) is 121 Å². The van der Waals surface area contributed by atoms with Crippen LogP contribution >= 0.6 is 84.9 Å². The summed E-state index contributed by atoms with van der Waals surface area (Å²) in [6.07, 6.45) is 0. The van der Waals surface area contributed by atoms with Gasteiger partial charge in [-0.2, -0.15) is 0 Å². The maximum atomic E-state index is 8.63. The second-order valence-corrected chi connectivity index (χ2v) is 6.68. The predicted molar refractivity (Wildman–Crippen MR) is 192 cm³/mol. The van der Waals surface area contributed by atoms with E-state index < -0.39 is 0 Å². The van der Waals surface area contributed by atoms with Gasteiger partial charge in [-0.15, -0.1) is 84.9 Å². The van der Waals surface area contributed by atoms with Crippen LogP contribution in [0.5, 0.6) is 28.7 Å². The Morgan fingerprint density at radius 3 is 0.350 bits per heavy atom. The number of aromatic hydroxyl groups is 5. The maximum absolute atomic E-state index is 8.63. The van der Waals surface area contributed by atoms with Gasteiger partial charge in [0.2, 0.25) is 0 Å². The molecule has 5 aromatic rings. The molecule has 0 aliphatic heterocycles. The first-order valence-corrected chi connectivity index (χ1v) is 10.7. The molecular formula is C30H35Br5O5. The lowest BCUT2D eigenvalue weighted by Crippen LogP contribution is -1.56. The molecule has 40 heavy (non-hydrogen) atoms. The first-order chi connectivity index (χ1) is 17.0. The van der Waals surface area contributed by atoms with Crippen molar-refractivity contribution in [2.45, 2.75) is 0 Å². The number of halogens is 5. The van der Waals surface area contributed by atoms with E-state index >= 15 is 0 Å². The van der Waals surface area contributed by atoms with Crippen molar-refractivity contribution in [3.05, 3.63) is 152 Å². The molecule has 5 aromatic carbocycles. The quantitative estimate of drug-likeness (QED) is 0.107. The van der Waals surface area contributed by atoms with Crippen LogP contribution in [0.1, 0.15) is 0 Å². The fourth-order valence-electron chi connectivity index (χ4n) is 2.14. The maximum Gasteiger partial charge on any atom is 0.115 e. The molecule has 5 N–H and O–H groups in total. The van der Waals surface area contributed by atoms with Crippen molar-refractivity contribution < 1.29 is 25.5 Å². The van der Waals surface area contributed by atoms with Crippen LogP contribution in [0.15, 0.2) is 152 Å². The van der Waals surface area contributed by atoms with E-state index in [1.807, 2.05) is 30.3 Å². The highest BCUT2D eigenvalue weighted by Gasteiger charge is 1.77. The fourth-order valence-corrected chi connectivity index (χ4v) is 2.14. The van der Waals surface area contributed by atoms with Crippen LogP contribution in [0.2, 0.25) is 0 Å². The van der Waals surface area contributed by atoms with Gasteiger partial charge in [0.25, 0.3) is 0 Å².